The Morgan fingerprint density at radius 1 is 1.00 bits per heavy atom. The standard InChI is InChI=1S/C16H16N4O/c1-18(2)13-8-10-14(11-9-13)19-12-20(17-16(19)21)15-6-4-3-5-7-15/h3-12H,1-2H3/p+1. The van der Waals surface area contributed by atoms with E-state index in [1.165, 1.54) is 0 Å². The van der Waals surface area contributed by atoms with Crippen LogP contribution < -0.4 is 15.3 Å². The van der Waals surface area contributed by atoms with Crippen molar-refractivity contribution in [1.82, 2.24) is 9.67 Å². The van der Waals surface area contributed by atoms with E-state index in [0.29, 0.717) is 0 Å². The van der Waals surface area contributed by atoms with Crippen molar-refractivity contribution < 1.29 is 4.68 Å². The molecule has 3 rings (SSSR count). The van der Waals surface area contributed by atoms with Crippen LogP contribution in [0.15, 0.2) is 65.7 Å². The SMILES string of the molecule is CN(C)c1ccc(-n2c[n+](-c3ccccc3)[nH]c2=O)cc1. The van der Waals surface area contributed by atoms with Crippen LogP contribution in [0.1, 0.15) is 0 Å². The molecule has 0 spiro atoms. The van der Waals surface area contributed by atoms with Crippen LogP contribution in [0.5, 0.6) is 0 Å². The van der Waals surface area contributed by atoms with Gasteiger partial charge < -0.3 is 4.90 Å². The second-order valence-electron chi connectivity index (χ2n) is 5.02. The number of rotatable bonds is 3. The van der Waals surface area contributed by atoms with E-state index >= 15 is 0 Å². The molecule has 0 amide bonds. The number of H-pyrrole nitrogens is 1. The van der Waals surface area contributed by atoms with Crippen molar-refractivity contribution in [3.8, 4) is 11.4 Å². The third-order valence-electron chi connectivity index (χ3n) is 3.34. The van der Waals surface area contributed by atoms with Gasteiger partial charge in [0.25, 0.3) is 6.33 Å². The molecule has 0 radical (unpaired) electrons. The first-order chi connectivity index (χ1) is 10.1. The quantitative estimate of drug-likeness (QED) is 0.740. The summed E-state index contributed by atoms with van der Waals surface area (Å²) in [4.78, 5) is 14.1. The summed E-state index contributed by atoms with van der Waals surface area (Å²) in [7, 11) is 3.97. The molecule has 1 heterocycles. The maximum atomic E-state index is 12.1. The van der Waals surface area contributed by atoms with Crippen LogP contribution in [-0.2, 0) is 0 Å². The number of nitrogens with zero attached hydrogens (tertiary/aromatic N) is 3. The van der Waals surface area contributed by atoms with Crippen LogP contribution >= 0.6 is 0 Å². The van der Waals surface area contributed by atoms with Crippen molar-refractivity contribution in [2.24, 2.45) is 0 Å². The summed E-state index contributed by atoms with van der Waals surface area (Å²) in [6, 6.07) is 17.5. The van der Waals surface area contributed by atoms with Crippen LogP contribution in [0.4, 0.5) is 5.69 Å². The van der Waals surface area contributed by atoms with Gasteiger partial charge in [0.1, 0.15) is 5.69 Å². The molecule has 3 aromatic rings. The number of para-hydroxylation sites is 1. The minimum absolute atomic E-state index is 0.170. The minimum Gasteiger partial charge on any atom is -0.378 e. The molecule has 0 aliphatic heterocycles. The van der Waals surface area contributed by atoms with E-state index in [-0.39, 0.29) is 5.69 Å². The number of nitrogens with one attached hydrogen (secondary N) is 1. The molecule has 0 aliphatic carbocycles. The van der Waals surface area contributed by atoms with Gasteiger partial charge in [-0.25, -0.2) is 4.79 Å². The molecule has 0 atom stereocenters. The molecular weight excluding hydrogens is 264 g/mol. The van der Waals surface area contributed by atoms with E-state index in [9.17, 15) is 4.79 Å². The van der Waals surface area contributed by atoms with Crippen LogP contribution in [0, 0.1) is 0 Å². The van der Waals surface area contributed by atoms with Crippen molar-refractivity contribution in [3.63, 3.8) is 0 Å². The van der Waals surface area contributed by atoms with Crippen LogP contribution in [0.2, 0.25) is 0 Å². The fraction of sp³-hybridized carbons (Fsp3) is 0.125. The zero-order valence-corrected chi connectivity index (χ0v) is 12.0. The lowest BCUT2D eigenvalue weighted by Gasteiger charge is -2.11. The molecule has 5 heteroatoms. The van der Waals surface area contributed by atoms with Crippen molar-refractivity contribution >= 4 is 5.69 Å². The number of anilines is 1. The summed E-state index contributed by atoms with van der Waals surface area (Å²) in [5, 5.41) is 2.81. The molecule has 106 valence electrons. The lowest BCUT2D eigenvalue weighted by molar-refractivity contribution is -0.658. The highest BCUT2D eigenvalue weighted by Crippen LogP contribution is 2.13. The summed E-state index contributed by atoms with van der Waals surface area (Å²) in [6.45, 7) is 0. The third-order valence-corrected chi connectivity index (χ3v) is 3.34. The Balaban J connectivity index is 2.00. The summed E-state index contributed by atoms with van der Waals surface area (Å²) >= 11 is 0. The Hall–Kier alpha value is -2.82. The molecule has 21 heavy (non-hydrogen) atoms. The van der Waals surface area contributed by atoms with Crippen molar-refractivity contribution in [1.29, 1.82) is 0 Å². The average Bonchev–Trinajstić information content (AvgIpc) is 2.90. The Bertz CT molecular complexity index is 785. The second kappa shape index (κ2) is 5.28. The molecule has 1 aromatic heterocycles. The minimum atomic E-state index is -0.170. The highest BCUT2D eigenvalue weighted by molar-refractivity contribution is 5.49. The summed E-state index contributed by atoms with van der Waals surface area (Å²) in [6.07, 6.45) is 1.75. The number of hydrogen-bond donors (Lipinski definition) is 1. The maximum absolute atomic E-state index is 12.1. The lowest BCUT2D eigenvalue weighted by Crippen LogP contribution is -2.33. The molecule has 0 unspecified atom stereocenters. The van der Waals surface area contributed by atoms with Crippen LogP contribution in [0.3, 0.4) is 0 Å². The van der Waals surface area contributed by atoms with Gasteiger partial charge in [0.15, 0.2) is 5.69 Å². The molecule has 5 nitrogen and oxygen atoms in total. The average molecular weight is 281 g/mol. The zero-order chi connectivity index (χ0) is 14.8. The van der Waals surface area contributed by atoms with Gasteiger partial charge in [0.05, 0.1) is 0 Å². The zero-order valence-electron chi connectivity index (χ0n) is 12.0. The Labute approximate surface area is 122 Å². The van der Waals surface area contributed by atoms with E-state index in [4.69, 9.17) is 0 Å². The molecule has 0 bridgehead atoms. The van der Waals surface area contributed by atoms with Gasteiger partial charge >= 0.3 is 5.69 Å². The summed E-state index contributed by atoms with van der Waals surface area (Å²) in [5.74, 6) is 0. The molecule has 0 saturated heterocycles. The molecule has 0 fully saturated rings. The smallest absolute Gasteiger partial charge is 0.378 e. The van der Waals surface area contributed by atoms with Crippen molar-refractivity contribution in [2.45, 2.75) is 0 Å². The lowest BCUT2D eigenvalue weighted by atomic mass is 10.2. The first-order valence-electron chi connectivity index (χ1n) is 6.72. The summed E-state index contributed by atoms with van der Waals surface area (Å²) in [5.41, 5.74) is 2.67. The van der Waals surface area contributed by atoms with E-state index < -0.39 is 0 Å². The molecule has 2 aromatic carbocycles. The van der Waals surface area contributed by atoms with Gasteiger partial charge in [-0.3, -0.25) is 0 Å². The first kappa shape index (κ1) is 13.2. The van der Waals surface area contributed by atoms with Gasteiger partial charge in [0.2, 0.25) is 0 Å². The predicted molar refractivity (Wildman–Crippen MR) is 82.2 cm³/mol. The highest BCUT2D eigenvalue weighted by atomic mass is 16.1. The predicted octanol–water partition coefficient (Wildman–Crippen LogP) is 1.51. The van der Waals surface area contributed by atoms with Gasteiger partial charge in [-0.05, 0) is 36.4 Å². The fourth-order valence-electron chi connectivity index (χ4n) is 2.17. The van der Waals surface area contributed by atoms with E-state index in [1.54, 1.807) is 15.6 Å². The van der Waals surface area contributed by atoms with Crippen molar-refractivity contribution in [2.75, 3.05) is 19.0 Å². The van der Waals surface area contributed by atoms with Gasteiger partial charge in [-0.1, -0.05) is 18.2 Å². The molecule has 0 aliphatic rings. The Morgan fingerprint density at radius 2 is 1.67 bits per heavy atom. The maximum Gasteiger partial charge on any atom is 0.449 e. The van der Waals surface area contributed by atoms with Gasteiger partial charge in [-0.2, -0.15) is 0 Å². The van der Waals surface area contributed by atoms with Gasteiger partial charge in [0, 0.05) is 19.8 Å². The molecular formula is C16H17N4O+. The van der Waals surface area contributed by atoms with E-state index in [0.717, 1.165) is 17.1 Å². The molecule has 0 saturated carbocycles. The molecule has 1 N–H and O–H groups in total. The number of aromatic amines is 1. The Kier molecular flexibility index (Phi) is 3.31. The monoisotopic (exact) mass is 281 g/mol. The van der Waals surface area contributed by atoms with Crippen LogP contribution in [-0.4, -0.2) is 23.8 Å². The van der Waals surface area contributed by atoms with Crippen molar-refractivity contribution in [3.05, 3.63) is 71.4 Å². The second-order valence-corrected chi connectivity index (χ2v) is 5.02. The highest BCUT2D eigenvalue weighted by Gasteiger charge is 2.14. The number of benzene rings is 2. The van der Waals surface area contributed by atoms with E-state index in [2.05, 4.69) is 5.10 Å². The topological polar surface area (TPSA) is 44.9 Å². The number of hydrogen-bond acceptors (Lipinski definition) is 2. The summed E-state index contributed by atoms with van der Waals surface area (Å²) < 4.78 is 3.30. The first-order valence-corrected chi connectivity index (χ1v) is 6.72. The number of aromatic nitrogens is 3. The van der Waals surface area contributed by atoms with E-state index in [1.807, 2.05) is 73.6 Å². The van der Waals surface area contributed by atoms with Gasteiger partial charge in [-0.15, -0.1) is 14.3 Å². The third kappa shape index (κ3) is 2.58. The fourth-order valence-corrected chi connectivity index (χ4v) is 2.17. The largest absolute Gasteiger partial charge is 0.449 e. The van der Waals surface area contributed by atoms with Crippen LogP contribution in [0.25, 0.3) is 11.4 Å². The Morgan fingerprint density at radius 3 is 2.29 bits per heavy atom. The normalized spacial score (nSPS) is 10.6.